The van der Waals surface area contributed by atoms with Gasteiger partial charge in [0.15, 0.2) is 0 Å². The molecule has 6 heteroatoms. The highest BCUT2D eigenvalue weighted by Crippen LogP contribution is 2.48. The summed E-state index contributed by atoms with van der Waals surface area (Å²) in [5, 5.41) is 9.51. The number of carbonyl (C=O) groups is 1. The summed E-state index contributed by atoms with van der Waals surface area (Å²) >= 11 is 6.42. The van der Waals surface area contributed by atoms with Gasteiger partial charge in [0.1, 0.15) is 5.56 Å². The Hall–Kier alpha value is -2.40. The van der Waals surface area contributed by atoms with Crippen molar-refractivity contribution in [3.63, 3.8) is 0 Å². The van der Waals surface area contributed by atoms with E-state index in [1.807, 2.05) is 0 Å². The molecular weight excluding hydrogens is 282 g/mol. The molecule has 0 N–H and O–H groups in total. The Morgan fingerprint density at radius 3 is 2.45 bits per heavy atom. The second-order valence-electron chi connectivity index (χ2n) is 4.31. The molecule has 5 nitrogen and oxygen atoms in total. The second-order valence-corrected chi connectivity index (χ2v) is 4.84. The number of ether oxygens (including phenoxy) is 1. The number of esters is 1. The number of alkyl halides is 1. The van der Waals surface area contributed by atoms with E-state index in [9.17, 15) is 14.9 Å². The molecular formula is C14H8ClNO4. The van der Waals surface area contributed by atoms with Gasteiger partial charge in [0, 0.05) is 11.6 Å². The van der Waals surface area contributed by atoms with Crippen molar-refractivity contribution in [1.29, 1.82) is 0 Å². The van der Waals surface area contributed by atoms with Gasteiger partial charge < -0.3 is 4.74 Å². The summed E-state index contributed by atoms with van der Waals surface area (Å²) in [7, 11) is 0. The van der Waals surface area contributed by atoms with Crippen molar-refractivity contribution in [1.82, 2.24) is 0 Å². The topological polar surface area (TPSA) is 69.4 Å². The minimum atomic E-state index is -1.66. The van der Waals surface area contributed by atoms with Gasteiger partial charge in [0.2, 0.25) is 5.06 Å². The Kier molecular flexibility index (Phi) is 2.72. The first-order valence-corrected chi connectivity index (χ1v) is 6.17. The minimum Gasteiger partial charge on any atom is -0.430 e. The lowest BCUT2D eigenvalue weighted by Crippen LogP contribution is -2.21. The van der Waals surface area contributed by atoms with Crippen LogP contribution >= 0.6 is 11.6 Å². The molecule has 100 valence electrons. The predicted octanol–water partition coefficient (Wildman–Crippen LogP) is 3.21. The summed E-state index contributed by atoms with van der Waals surface area (Å²) < 4.78 is 5.22. The summed E-state index contributed by atoms with van der Waals surface area (Å²) in [6, 6.07) is 12.8. The lowest BCUT2D eigenvalue weighted by atomic mass is 9.97. The second kappa shape index (κ2) is 4.31. The molecule has 0 amide bonds. The number of halogens is 1. The van der Waals surface area contributed by atoms with E-state index >= 15 is 0 Å². The average Bonchev–Trinajstić information content (AvgIpc) is 2.73. The highest BCUT2D eigenvalue weighted by atomic mass is 35.5. The molecule has 0 bridgehead atoms. The van der Waals surface area contributed by atoms with E-state index in [0.717, 1.165) is 0 Å². The highest BCUT2D eigenvalue weighted by Gasteiger charge is 2.50. The minimum absolute atomic E-state index is 0.0860. The third kappa shape index (κ3) is 1.67. The summed E-state index contributed by atoms with van der Waals surface area (Å²) in [6.45, 7) is 0. The van der Waals surface area contributed by atoms with Crippen molar-refractivity contribution in [2.75, 3.05) is 0 Å². The summed E-state index contributed by atoms with van der Waals surface area (Å²) in [4.78, 5) is 22.5. The van der Waals surface area contributed by atoms with Crippen molar-refractivity contribution < 1.29 is 14.5 Å². The van der Waals surface area contributed by atoms with Crippen molar-refractivity contribution in [2.24, 2.45) is 0 Å². The molecule has 0 spiro atoms. The van der Waals surface area contributed by atoms with E-state index in [1.54, 1.807) is 30.3 Å². The number of rotatable bonds is 2. The van der Waals surface area contributed by atoms with E-state index in [4.69, 9.17) is 16.3 Å². The smallest absolute Gasteiger partial charge is 0.341 e. The molecule has 20 heavy (non-hydrogen) atoms. The van der Waals surface area contributed by atoms with Gasteiger partial charge in [-0.05, 0) is 6.07 Å². The fourth-order valence-corrected chi connectivity index (χ4v) is 2.68. The molecule has 1 heterocycles. The molecule has 1 atom stereocenters. The van der Waals surface area contributed by atoms with Gasteiger partial charge in [-0.2, -0.15) is 0 Å². The van der Waals surface area contributed by atoms with Gasteiger partial charge in [-0.25, -0.2) is 4.79 Å². The van der Waals surface area contributed by atoms with Crippen LogP contribution in [0.5, 0.6) is 0 Å². The summed E-state index contributed by atoms with van der Waals surface area (Å²) in [5.74, 6) is -0.664. The van der Waals surface area contributed by atoms with Gasteiger partial charge >= 0.3 is 5.97 Å². The van der Waals surface area contributed by atoms with Crippen LogP contribution in [0.15, 0.2) is 48.5 Å². The Labute approximate surface area is 118 Å². The first kappa shape index (κ1) is 12.6. The average molecular weight is 290 g/mol. The normalized spacial score (nSPS) is 20.4. The molecule has 0 saturated carbocycles. The van der Waals surface area contributed by atoms with Crippen LogP contribution in [0.2, 0.25) is 0 Å². The monoisotopic (exact) mass is 289 g/mol. The molecule has 0 radical (unpaired) electrons. The lowest BCUT2D eigenvalue weighted by Gasteiger charge is -2.21. The maximum absolute atomic E-state index is 11.9. The predicted molar refractivity (Wildman–Crippen MR) is 71.6 cm³/mol. The van der Waals surface area contributed by atoms with Gasteiger partial charge in [-0.1, -0.05) is 48.0 Å². The quantitative estimate of drug-likeness (QED) is 0.368. The molecule has 1 aliphatic heterocycles. The van der Waals surface area contributed by atoms with E-state index in [-0.39, 0.29) is 16.8 Å². The van der Waals surface area contributed by atoms with Crippen LogP contribution in [-0.4, -0.2) is 10.9 Å². The Morgan fingerprint density at radius 1 is 1.10 bits per heavy atom. The molecule has 1 unspecified atom stereocenters. The summed E-state index contributed by atoms with van der Waals surface area (Å²) in [5.41, 5.74) is 0.455. The number of nitro groups is 1. The van der Waals surface area contributed by atoms with Crippen LogP contribution in [0.3, 0.4) is 0 Å². The molecule has 0 aliphatic carbocycles. The Bertz CT molecular complexity index is 716. The van der Waals surface area contributed by atoms with Crippen LogP contribution in [0.4, 0.5) is 5.69 Å². The largest absolute Gasteiger partial charge is 0.430 e. The zero-order valence-corrected chi connectivity index (χ0v) is 10.8. The zero-order valence-electron chi connectivity index (χ0n) is 10.1. The molecule has 2 aromatic carbocycles. The lowest BCUT2D eigenvalue weighted by molar-refractivity contribution is -0.386. The number of nitro benzene ring substituents is 1. The van der Waals surface area contributed by atoms with Crippen LogP contribution in [-0.2, 0) is 9.80 Å². The zero-order chi connectivity index (χ0) is 14.3. The third-order valence-corrected chi connectivity index (χ3v) is 3.64. The van der Waals surface area contributed by atoms with Gasteiger partial charge in [-0.3, -0.25) is 10.1 Å². The van der Waals surface area contributed by atoms with E-state index in [2.05, 4.69) is 0 Å². The third-order valence-electron chi connectivity index (χ3n) is 3.16. The number of hydrogen-bond donors (Lipinski definition) is 0. The van der Waals surface area contributed by atoms with Crippen molar-refractivity contribution >= 4 is 23.3 Å². The van der Waals surface area contributed by atoms with Crippen LogP contribution in [0, 0.1) is 10.1 Å². The van der Waals surface area contributed by atoms with E-state index in [0.29, 0.717) is 5.56 Å². The molecule has 0 aromatic heterocycles. The van der Waals surface area contributed by atoms with Crippen LogP contribution in [0.1, 0.15) is 21.5 Å². The molecule has 1 aliphatic rings. The number of fused-ring (bicyclic) bond motifs is 1. The van der Waals surface area contributed by atoms with E-state index in [1.165, 1.54) is 18.2 Å². The standard InChI is InChI=1S/C14H8ClNO4/c15-14(9-5-2-1-3-6-9)12-10(13(17)20-14)7-4-8-11(12)16(18)19/h1-8H. The molecule has 2 aromatic rings. The first-order valence-electron chi connectivity index (χ1n) is 5.79. The first-order chi connectivity index (χ1) is 9.54. The van der Waals surface area contributed by atoms with Gasteiger partial charge in [-0.15, -0.1) is 0 Å². The highest BCUT2D eigenvalue weighted by molar-refractivity contribution is 6.28. The Morgan fingerprint density at radius 2 is 1.80 bits per heavy atom. The fraction of sp³-hybridized carbons (Fsp3) is 0.0714. The van der Waals surface area contributed by atoms with Crippen molar-refractivity contribution in [3.05, 3.63) is 75.3 Å². The van der Waals surface area contributed by atoms with Gasteiger partial charge in [0.25, 0.3) is 5.69 Å². The number of cyclic esters (lactones) is 1. The van der Waals surface area contributed by atoms with E-state index < -0.39 is 16.0 Å². The van der Waals surface area contributed by atoms with Gasteiger partial charge in [0.05, 0.1) is 10.5 Å². The van der Waals surface area contributed by atoms with Crippen molar-refractivity contribution in [2.45, 2.75) is 5.06 Å². The van der Waals surface area contributed by atoms with Crippen LogP contribution < -0.4 is 0 Å². The maximum atomic E-state index is 11.9. The number of nitrogens with zero attached hydrogens (tertiary/aromatic N) is 1. The molecule has 0 saturated heterocycles. The maximum Gasteiger partial charge on any atom is 0.341 e. The molecule has 3 rings (SSSR count). The number of benzene rings is 2. The van der Waals surface area contributed by atoms with Crippen molar-refractivity contribution in [3.8, 4) is 0 Å². The number of hydrogen-bond acceptors (Lipinski definition) is 4. The van der Waals surface area contributed by atoms with Crippen LogP contribution in [0.25, 0.3) is 0 Å². The SMILES string of the molecule is O=C1OC(Cl)(c2ccccc2)c2c1cccc2[N+](=O)[O-]. The molecule has 0 fully saturated rings. The Balaban J connectivity index is 2.30. The summed E-state index contributed by atoms with van der Waals surface area (Å²) in [6.07, 6.45) is 0. The fourth-order valence-electron chi connectivity index (χ4n) is 2.29. The number of carbonyl (C=O) groups excluding carboxylic acids is 1.